The van der Waals surface area contributed by atoms with Crippen molar-refractivity contribution in [2.24, 2.45) is 5.73 Å². The number of nitrogens with two attached hydrogens (primary N) is 1. The molecule has 2 heteroatoms. The van der Waals surface area contributed by atoms with Crippen molar-refractivity contribution < 1.29 is 0 Å². The van der Waals surface area contributed by atoms with E-state index < -0.39 is 0 Å². The summed E-state index contributed by atoms with van der Waals surface area (Å²) in [5.74, 6) is 0.994. The number of hydrogen-bond donors (Lipinski definition) is 1. The zero-order chi connectivity index (χ0) is 14.7. The highest BCUT2D eigenvalue weighted by Gasteiger charge is 2.05. The molecule has 0 aliphatic heterocycles. The van der Waals surface area contributed by atoms with Crippen LogP contribution in [0.2, 0.25) is 0 Å². The molecule has 0 aliphatic rings. The Hall–Kier alpha value is -1.77. The van der Waals surface area contributed by atoms with Gasteiger partial charge in [-0.1, -0.05) is 60.2 Å². The number of rotatable bonds is 4. The van der Waals surface area contributed by atoms with E-state index in [4.69, 9.17) is 5.73 Å². The Kier molecular flexibility index (Phi) is 4.28. The van der Waals surface area contributed by atoms with Gasteiger partial charge in [0.05, 0.1) is 0 Å². The van der Waals surface area contributed by atoms with Crippen LogP contribution in [0.1, 0.15) is 16.7 Å². The lowest BCUT2D eigenvalue weighted by atomic mass is 10.0. The minimum absolute atomic E-state index is 0.587. The molecule has 0 heterocycles. The van der Waals surface area contributed by atoms with Gasteiger partial charge in [-0.2, -0.15) is 0 Å². The molecule has 0 amide bonds. The van der Waals surface area contributed by atoms with E-state index in [1.54, 1.807) is 0 Å². The molecular formula is C19H19NS. The molecule has 106 valence electrons. The summed E-state index contributed by atoms with van der Waals surface area (Å²) in [5, 5.41) is 2.58. The van der Waals surface area contributed by atoms with Crippen LogP contribution >= 0.6 is 11.8 Å². The third-order valence-corrected chi connectivity index (χ3v) is 4.82. The molecular weight excluding hydrogens is 274 g/mol. The maximum atomic E-state index is 5.84. The van der Waals surface area contributed by atoms with Gasteiger partial charge < -0.3 is 5.73 Å². The lowest BCUT2D eigenvalue weighted by molar-refractivity contribution is 1.08. The molecule has 0 saturated heterocycles. The van der Waals surface area contributed by atoms with E-state index in [2.05, 4.69) is 67.6 Å². The van der Waals surface area contributed by atoms with Crippen molar-refractivity contribution in [1.29, 1.82) is 0 Å². The summed E-state index contributed by atoms with van der Waals surface area (Å²) in [6, 6.07) is 21.6. The van der Waals surface area contributed by atoms with E-state index in [0.717, 1.165) is 5.75 Å². The molecule has 0 fully saturated rings. The highest BCUT2D eigenvalue weighted by atomic mass is 32.2. The van der Waals surface area contributed by atoms with Crippen molar-refractivity contribution in [1.82, 2.24) is 0 Å². The zero-order valence-corrected chi connectivity index (χ0v) is 13.0. The molecule has 0 bridgehead atoms. The van der Waals surface area contributed by atoms with Crippen molar-refractivity contribution in [3.8, 4) is 0 Å². The molecule has 1 nitrogen and oxygen atoms in total. The van der Waals surface area contributed by atoms with Crippen molar-refractivity contribution in [2.45, 2.75) is 24.1 Å². The molecule has 3 aromatic carbocycles. The predicted molar refractivity (Wildman–Crippen MR) is 92.6 cm³/mol. The SMILES string of the molecule is Cc1cccc(CSc2ccc(CN)c3ccccc23)c1. The number of benzene rings is 3. The fourth-order valence-corrected chi connectivity index (χ4v) is 3.60. The highest BCUT2D eigenvalue weighted by Crippen LogP contribution is 2.32. The first-order valence-corrected chi connectivity index (χ1v) is 8.15. The van der Waals surface area contributed by atoms with Crippen LogP contribution in [0.15, 0.2) is 65.6 Å². The summed E-state index contributed by atoms with van der Waals surface area (Å²) in [6.45, 7) is 2.73. The average Bonchev–Trinajstić information content (AvgIpc) is 2.52. The van der Waals surface area contributed by atoms with Crippen LogP contribution in [-0.2, 0) is 12.3 Å². The summed E-state index contributed by atoms with van der Waals surface area (Å²) >= 11 is 1.89. The van der Waals surface area contributed by atoms with Crippen molar-refractivity contribution in [3.05, 3.63) is 77.4 Å². The van der Waals surface area contributed by atoms with E-state index in [1.807, 2.05) is 11.8 Å². The minimum Gasteiger partial charge on any atom is -0.326 e. The first-order chi connectivity index (χ1) is 10.3. The molecule has 3 rings (SSSR count). The summed E-state index contributed by atoms with van der Waals surface area (Å²) < 4.78 is 0. The van der Waals surface area contributed by atoms with Crippen LogP contribution in [0.3, 0.4) is 0 Å². The fraction of sp³-hybridized carbons (Fsp3) is 0.158. The van der Waals surface area contributed by atoms with Gasteiger partial charge in [0.25, 0.3) is 0 Å². The Bertz CT molecular complexity index is 764. The topological polar surface area (TPSA) is 26.0 Å². The van der Waals surface area contributed by atoms with Gasteiger partial charge in [-0.15, -0.1) is 11.8 Å². The number of fused-ring (bicyclic) bond motifs is 1. The lowest BCUT2D eigenvalue weighted by Gasteiger charge is -2.10. The maximum absolute atomic E-state index is 5.84. The Morgan fingerprint density at radius 1 is 0.905 bits per heavy atom. The normalized spacial score (nSPS) is 11.0. The van der Waals surface area contributed by atoms with E-state index >= 15 is 0 Å². The van der Waals surface area contributed by atoms with E-state index in [0.29, 0.717) is 6.54 Å². The monoisotopic (exact) mass is 293 g/mol. The van der Waals surface area contributed by atoms with Gasteiger partial charge in [0.15, 0.2) is 0 Å². The molecule has 0 unspecified atom stereocenters. The fourth-order valence-electron chi connectivity index (χ4n) is 2.60. The third kappa shape index (κ3) is 3.12. The van der Waals surface area contributed by atoms with Gasteiger partial charge in [-0.25, -0.2) is 0 Å². The first-order valence-electron chi connectivity index (χ1n) is 7.17. The standard InChI is InChI=1S/C19H19NS/c1-14-5-4-6-15(11-14)13-21-19-10-9-16(12-20)17-7-2-3-8-18(17)19/h2-11H,12-13,20H2,1H3. The molecule has 0 radical (unpaired) electrons. The number of hydrogen-bond acceptors (Lipinski definition) is 2. The Labute approximate surface area is 130 Å². The van der Waals surface area contributed by atoms with Crippen LogP contribution in [0.5, 0.6) is 0 Å². The molecule has 0 saturated carbocycles. The highest BCUT2D eigenvalue weighted by molar-refractivity contribution is 7.98. The molecule has 2 N–H and O–H groups in total. The largest absolute Gasteiger partial charge is 0.326 e. The summed E-state index contributed by atoms with van der Waals surface area (Å²) in [4.78, 5) is 1.32. The van der Waals surface area contributed by atoms with E-state index in [9.17, 15) is 0 Å². The summed E-state index contributed by atoms with van der Waals surface area (Å²) in [7, 11) is 0. The van der Waals surface area contributed by atoms with Crippen molar-refractivity contribution >= 4 is 22.5 Å². The molecule has 0 spiro atoms. The Morgan fingerprint density at radius 2 is 1.71 bits per heavy atom. The Balaban J connectivity index is 1.91. The zero-order valence-electron chi connectivity index (χ0n) is 12.2. The van der Waals surface area contributed by atoms with Crippen LogP contribution in [0.25, 0.3) is 10.8 Å². The maximum Gasteiger partial charge on any atom is 0.0232 e. The number of thioether (sulfide) groups is 1. The van der Waals surface area contributed by atoms with Gasteiger partial charge >= 0.3 is 0 Å². The second kappa shape index (κ2) is 6.33. The van der Waals surface area contributed by atoms with E-state index in [1.165, 1.54) is 32.4 Å². The quantitative estimate of drug-likeness (QED) is 0.692. The smallest absolute Gasteiger partial charge is 0.0232 e. The van der Waals surface area contributed by atoms with Crippen LogP contribution < -0.4 is 5.73 Å². The Morgan fingerprint density at radius 3 is 2.48 bits per heavy atom. The third-order valence-electron chi connectivity index (χ3n) is 3.67. The molecule has 21 heavy (non-hydrogen) atoms. The lowest BCUT2D eigenvalue weighted by Crippen LogP contribution is -1.97. The predicted octanol–water partition coefficient (Wildman–Crippen LogP) is 4.90. The number of aryl methyl sites for hydroxylation is 1. The molecule has 0 aromatic heterocycles. The van der Waals surface area contributed by atoms with Crippen LogP contribution in [0, 0.1) is 6.92 Å². The molecule has 0 aliphatic carbocycles. The van der Waals surface area contributed by atoms with Gasteiger partial charge in [-0.05, 0) is 34.9 Å². The van der Waals surface area contributed by atoms with Crippen molar-refractivity contribution in [3.63, 3.8) is 0 Å². The van der Waals surface area contributed by atoms with Crippen LogP contribution in [-0.4, -0.2) is 0 Å². The van der Waals surface area contributed by atoms with Gasteiger partial charge in [0.1, 0.15) is 0 Å². The second-order valence-corrected chi connectivity index (χ2v) is 6.27. The van der Waals surface area contributed by atoms with Gasteiger partial charge in [0.2, 0.25) is 0 Å². The van der Waals surface area contributed by atoms with E-state index in [-0.39, 0.29) is 0 Å². The van der Waals surface area contributed by atoms with Gasteiger partial charge in [-0.3, -0.25) is 0 Å². The molecule has 0 atom stereocenters. The summed E-state index contributed by atoms with van der Waals surface area (Å²) in [6.07, 6.45) is 0. The first kappa shape index (κ1) is 14.2. The van der Waals surface area contributed by atoms with Crippen molar-refractivity contribution in [2.75, 3.05) is 0 Å². The van der Waals surface area contributed by atoms with Gasteiger partial charge in [0, 0.05) is 17.2 Å². The van der Waals surface area contributed by atoms with Crippen LogP contribution in [0.4, 0.5) is 0 Å². The molecule has 3 aromatic rings. The second-order valence-electron chi connectivity index (χ2n) is 5.25. The minimum atomic E-state index is 0.587. The average molecular weight is 293 g/mol. The summed E-state index contributed by atoms with van der Waals surface area (Å²) in [5.41, 5.74) is 9.74.